The van der Waals surface area contributed by atoms with Gasteiger partial charge in [0.2, 0.25) is 0 Å². The van der Waals surface area contributed by atoms with Gasteiger partial charge in [-0.2, -0.15) is 0 Å². The molecule has 6 heteroatoms. The molecule has 1 N–H and O–H groups in total. The van der Waals surface area contributed by atoms with Crippen LogP contribution in [-0.2, 0) is 10.8 Å². The largest absolute Gasteiger partial charge is 0.298 e. The molecule has 2 atom stereocenters. The highest BCUT2D eigenvalue weighted by molar-refractivity contribution is 7.89. The third-order valence-electron chi connectivity index (χ3n) is 4.08. The summed E-state index contributed by atoms with van der Waals surface area (Å²) in [6, 6.07) is 10.1. The molecule has 1 aromatic rings. The molecule has 3 aliphatic rings. The molecule has 2 aliphatic heterocycles. The van der Waals surface area contributed by atoms with Crippen LogP contribution >= 0.6 is 11.6 Å². The van der Waals surface area contributed by atoms with E-state index in [0.29, 0.717) is 11.0 Å². The van der Waals surface area contributed by atoms with Crippen molar-refractivity contribution in [2.24, 2.45) is 9.98 Å². The van der Waals surface area contributed by atoms with Crippen LogP contribution in [0.2, 0.25) is 0 Å². The fourth-order valence-electron chi connectivity index (χ4n) is 3.10. The second-order valence-corrected chi connectivity index (χ2v) is 7.19. The van der Waals surface area contributed by atoms with Gasteiger partial charge in [0.1, 0.15) is 5.17 Å². The van der Waals surface area contributed by atoms with Crippen molar-refractivity contribution in [3.8, 4) is 0 Å². The van der Waals surface area contributed by atoms with Gasteiger partial charge in [-0.05, 0) is 12.8 Å². The van der Waals surface area contributed by atoms with Crippen LogP contribution in [0, 0.1) is 0 Å². The second kappa shape index (κ2) is 5.57. The Kier molecular flexibility index (Phi) is 3.56. The molecule has 0 aromatic heterocycles. The summed E-state index contributed by atoms with van der Waals surface area (Å²) in [4.78, 5) is 9.92. The predicted octanol–water partition coefficient (Wildman–Crippen LogP) is 2.80. The number of hydrogen-bond donors (Lipinski definition) is 1. The van der Waals surface area contributed by atoms with Gasteiger partial charge in [0.25, 0.3) is 0 Å². The third-order valence-corrected chi connectivity index (χ3v) is 5.66. The molecule has 1 saturated heterocycles. The van der Waals surface area contributed by atoms with E-state index in [9.17, 15) is 4.21 Å². The zero-order valence-corrected chi connectivity index (χ0v) is 13.3. The molecule has 1 fully saturated rings. The molecule has 0 amide bonds. The van der Waals surface area contributed by atoms with Crippen LogP contribution < -0.4 is 5.32 Å². The standard InChI is InChI=1S/C16H14ClN3OS/c17-13-8-18-15-11(6-7-12-16(15)22(21)9-19-12)14(20-13)10-4-2-1-3-5-10/h1-5,8,12,19H,6-7,9H2. The van der Waals surface area contributed by atoms with E-state index in [-0.39, 0.29) is 6.04 Å². The van der Waals surface area contributed by atoms with Gasteiger partial charge in [0.15, 0.2) is 0 Å². The number of fused-ring (bicyclic) bond motifs is 2. The first-order valence-electron chi connectivity index (χ1n) is 7.17. The summed E-state index contributed by atoms with van der Waals surface area (Å²) in [5, 5.41) is 3.65. The van der Waals surface area contributed by atoms with Crippen LogP contribution in [0.3, 0.4) is 0 Å². The van der Waals surface area contributed by atoms with E-state index in [4.69, 9.17) is 11.6 Å². The lowest BCUT2D eigenvalue weighted by Crippen LogP contribution is -2.26. The molecule has 1 aromatic carbocycles. The Morgan fingerprint density at radius 2 is 2.05 bits per heavy atom. The van der Waals surface area contributed by atoms with Crippen LogP contribution in [0.1, 0.15) is 18.4 Å². The van der Waals surface area contributed by atoms with Crippen molar-refractivity contribution < 1.29 is 4.21 Å². The average Bonchev–Trinajstić information content (AvgIpc) is 2.84. The number of hydrogen-bond acceptors (Lipinski definition) is 4. The van der Waals surface area contributed by atoms with E-state index < -0.39 is 10.8 Å². The number of rotatable bonds is 1. The second-order valence-electron chi connectivity index (χ2n) is 5.38. The van der Waals surface area contributed by atoms with E-state index in [1.165, 1.54) is 0 Å². The van der Waals surface area contributed by atoms with Crippen molar-refractivity contribution in [1.29, 1.82) is 0 Å². The number of nitrogens with zero attached hydrogens (tertiary/aromatic N) is 2. The monoisotopic (exact) mass is 331 g/mol. The molecule has 2 heterocycles. The van der Waals surface area contributed by atoms with Gasteiger partial charge in [-0.15, -0.1) is 0 Å². The van der Waals surface area contributed by atoms with Gasteiger partial charge in [-0.3, -0.25) is 14.5 Å². The van der Waals surface area contributed by atoms with Gasteiger partial charge >= 0.3 is 0 Å². The molecule has 0 spiro atoms. The summed E-state index contributed by atoms with van der Waals surface area (Å²) in [6.07, 6.45) is 3.32. The minimum atomic E-state index is -1.02. The highest BCUT2D eigenvalue weighted by Gasteiger charge is 2.36. The fraction of sp³-hybridized carbons (Fsp3) is 0.250. The van der Waals surface area contributed by atoms with Crippen LogP contribution in [-0.4, -0.2) is 27.5 Å². The van der Waals surface area contributed by atoms with Crippen molar-refractivity contribution in [2.75, 3.05) is 5.88 Å². The summed E-state index contributed by atoms with van der Waals surface area (Å²) in [6.45, 7) is 0. The van der Waals surface area contributed by atoms with E-state index in [1.54, 1.807) is 6.21 Å². The summed E-state index contributed by atoms with van der Waals surface area (Å²) in [7, 11) is -1.02. The number of halogens is 1. The fourth-order valence-corrected chi connectivity index (χ4v) is 4.65. The summed E-state index contributed by atoms with van der Waals surface area (Å²) >= 11 is 6.16. The predicted molar refractivity (Wildman–Crippen MR) is 91.3 cm³/mol. The average molecular weight is 332 g/mol. The normalized spacial score (nSPS) is 27.4. The molecule has 4 nitrogen and oxygen atoms in total. The molecule has 0 radical (unpaired) electrons. The van der Waals surface area contributed by atoms with E-state index >= 15 is 0 Å². The topological polar surface area (TPSA) is 53.8 Å². The van der Waals surface area contributed by atoms with Gasteiger partial charge in [-0.25, -0.2) is 4.99 Å². The quantitative estimate of drug-likeness (QED) is 0.860. The summed E-state index contributed by atoms with van der Waals surface area (Å²) in [5.41, 5.74) is 3.70. The molecule has 0 saturated carbocycles. The molecule has 4 rings (SSSR count). The lowest BCUT2D eigenvalue weighted by molar-refractivity contribution is 0.593. The Morgan fingerprint density at radius 3 is 2.86 bits per heavy atom. The van der Waals surface area contributed by atoms with Crippen LogP contribution in [0.5, 0.6) is 0 Å². The Hall–Kier alpha value is -1.56. The molecular weight excluding hydrogens is 318 g/mol. The molecule has 2 unspecified atom stereocenters. The SMILES string of the molecule is O=S1CNC2CCC3=C(c4ccccc4)N=C(Cl)C=NC3=C21. The maximum absolute atomic E-state index is 12.3. The molecule has 112 valence electrons. The summed E-state index contributed by atoms with van der Waals surface area (Å²) < 4.78 is 12.3. The minimum absolute atomic E-state index is 0.158. The molecule has 22 heavy (non-hydrogen) atoms. The Bertz CT molecular complexity index is 780. The highest BCUT2D eigenvalue weighted by Crippen LogP contribution is 2.40. The van der Waals surface area contributed by atoms with Crippen LogP contribution in [0.4, 0.5) is 0 Å². The minimum Gasteiger partial charge on any atom is -0.298 e. The van der Waals surface area contributed by atoms with E-state index in [2.05, 4.69) is 15.3 Å². The number of benzene rings is 1. The molecule has 0 bridgehead atoms. The highest BCUT2D eigenvalue weighted by atomic mass is 35.5. The Morgan fingerprint density at radius 1 is 1.23 bits per heavy atom. The van der Waals surface area contributed by atoms with Crippen molar-refractivity contribution in [1.82, 2.24) is 5.32 Å². The molecule has 1 aliphatic carbocycles. The Labute approximate surface area is 136 Å². The first-order valence-corrected chi connectivity index (χ1v) is 8.87. The maximum atomic E-state index is 12.3. The smallest absolute Gasteiger partial charge is 0.148 e. The van der Waals surface area contributed by atoms with Crippen molar-refractivity contribution in [3.05, 3.63) is 52.1 Å². The van der Waals surface area contributed by atoms with Crippen molar-refractivity contribution in [3.63, 3.8) is 0 Å². The number of allylic oxidation sites excluding steroid dienone is 1. The van der Waals surface area contributed by atoms with E-state index in [0.717, 1.165) is 40.3 Å². The summed E-state index contributed by atoms with van der Waals surface area (Å²) in [5.74, 6) is 0.502. The lowest BCUT2D eigenvalue weighted by Gasteiger charge is -2.23. The zero-order chi connectivity index (χ0) is 15.1. The number of aliphatic imine (C=N–C) groups is 2. The maximum Gasteiger partial charge on any atom is 0.148 e. The van der Waals surface area contributed by atoms with Gasteiger partial charge in [-0.1, -0.05) is 41.9 Å². The van der Waals surface area contributed by atoms with E-state index in [1.807, 2.05) is 30.3 Å². The van der Waals surface area contributed by atoms with Crippen molar-refractivity contribution in [2.45, 2.75) is 18.9 Å². The van der Waals surface area contributed by atoms with Crippen LogP contribution in [0.25, 0.3) is 5.70 Å². The van der Waals surface area contributed by atoms with Crippen LogP contribution in [0.15, 0.2) is 56.5 Å². The molecular formula is C16H14ClN3OS. The zero-order valence-electron chi connectivity index (χ0n) is 11.8. The first kappa shape index (κ1) is 14.1. The van der Waals surface area contributed by atoms with Gasteiger partial charge in [0.05, 0.1) is 39.2 Å². The first-order chi connectivity index (χ1) is 10.7. The third kappa shape index (κ3) is 2.29. The lowest BCUT2D eigenvalue weighted by atomic mass is 9.91. The Balaban J connectivity index is 1.98. The van der Waals surface area contributed by atoms with Crippen molar-refractivity contribution >= 4 is 39.5 Å². The van der Waals surface area contributed by atoms with Gasteiger partial charge < -0.3 is 0 Å². The number of nitrogens with one attached hydrogen (secondary N) is 1. The van der Waals surface area contributed by atoms with Gasteiger partial charge in [0, 0.05) is 17.2 Å².